The molecule has 24 heavy (non-hydrogen) atoms. The highest BCUT2D eigenvalue weighted by atomic mass is 32.1. The maximum Gasteiger partial charge on any atom is 0.307 e. The lowest BCUT2D eigenvalue weighted by atomic mass is 10.1. The Balaban J connectivity index is 1.38. The van der Waals surface area contributed by atoms with Crippen molar-refractivity contribution in [3.8, 4) is 0 Å². The molecule has 1 aliphatic heterocycles. The third-order valence-electron chi connectivity index (χ3n) is 4.76. The van der Waals surface area contributed by atoms with E-state index in [9.17, 15) is 9.59 Å². The van der Waals surface area contributed by atoms with Gasteiger partial charge >= 0.3 is 4.87 Å². The first-order chi connectivity index (χ1) is 11.6. The summed E-state index contributed by atoms with van der Waals surface area (Å²) in [7, 11) is 0. The maximum atomic E-state index is 12.1. The monoisotopic (exact) mass is 348 g/mol. The van der Waals surface area contributed by atoms with Gasteiger partial charge in [0.25, 0.3) is 0 Å². The van der Waals surface area contributed by atoms with E-state index >= 15 is 0 Å². The van der Waals surface area contributed by atoms with E-state index in [1.807, 2.05) is 17.2 Å². The third kappa shape index (κ3) is 3.15. The quantitative estimate of drug-likeness (QED) is 0.791. The highest BCUT2D eigenvalue weighted by Gasteiger charge is 2.36. The number of carbonyl (C=O) groups excluding carboxylic acids is 1. The highest BCUT2D eigenvalue weighted by molar-refractivity contribution is 7.07. The molecule has 0 bridgehead atoms. The van der Waals surface area contributed by atoms with Gasteiger partial charge in [-0.25, -0.2) is 0 Å². The van der Waals surface area contributed by atoms with Crippen molar-refractivity contribution in [3.63, 3.8) is 0 Å². The molecule has 1 aliphatic carbocycles. The summed E-state index contributed by atoms with van der Waals surface area (Å²) in [6.45, 7) is 4.01. The lowest BCUT2D eigenvalue weighted by Gasteiger charge is -2.14. The zero-order valence-electron chi connectivity index (χ0n) is 13.6. The maximum absolute atomic E-state index is 12.1. The van der Waals surface area contributed by atoms with Crippen LogP contribution in [-0.4, -0.2) is 38.6 Å². The number of thiazole rings is 1. The number of hydrogen-bond acceptors (Lipinski definition) is 6. The molecule has 0 N–H and O–H groups in total. The third-order valence-corrected chi connectivity index (χ3v) is 5.65. The summed E-state index contributed by atoms with van der Waals surface area (Å²) in [5.74, 6) is 2.06. The lowest BCUT2D eigenvalue weighted by Crippen LogP contribution is -2.27. The number of hydrogen-bond donors (Lipinski definition) is 0. The Bertz CT molecular complexity index is 804. The van der Waals surface area contributed by atoms with Gasteiger partial charge < -0.3 is 14.0 Å². The number of nitrogens with zero attached hydrogens (tertiary/aromatic N) is 4. The number of likely N-dealkylation sites (tertiary alicyclic amines) is 1. The fourth-order valence-electron chi connectivity index (χ4n) is 3.15. The van der Waals surface area contributed by atoms with Crippen molar-refractivity contribution in [3.05, 3.63) is 32.5 Å². The standard InChI is InChI=1S/C16H20N4O3S/c1-10-9-24-16(22)20(10)5-4-13-17-15(18-23-13)12-6-14(21)19(8-12)7-11-2-3-11/h9,11-12H,2-8H2,1H3. The molecule has 7 nitrogen and oxygen atoms in total. The Morgan fingerprint density at radius 2 is 2.21 bits per heavy atom. The molecule has 1 unspecified atom stereocenters. The van der Waals surface area contributed by atoms with Crippen molar-refractivity contribution in [1.29, 1.82) is 0 Å². The molecule has 2 aromatic heterocycles. The lowest BCUT2D eigenvalue weighted by molar-refractivity contribution is -0.127. The van der Waals surface area contributed by atoms with Gasteiger partial charge in [0.2, 0.25) is 11.8 Å². The highest BCUT2D eigenvalue weighted by Crippen LogP contribution is 2.33. The minimum absolute atomic E-state index is 0.0272. The Morgan fingerprint density at radius 3 is 2.92 bits per heavy atom. The summed E-state index contributed by atoms with van der Waals surface area (Å²) in [6, 6.07) is 0. The average molecular weight is 348 g/mol. The van der Waals surface area contributed by atoms with Crippen molar-refractivity contribution in [2.75, 3.05) is 13.1 Å². The van der Waals surface area contributed by atoms with Crippen LogP contribution in [0.15, 0.2) is 14.7 Å². The molecular formula is C16H20N4O3S. The number of aromatic nitrogens is 3. The van der Waals surface area contributed by atoms with Crippen LogP contribution in [-0.2, 0) is 17.8 Å². The molecule has 1 atom stereocenters. The van der Waals surface area contributed by atoms with Gasteiger partial charge in [0, 0.05) is 49.5 Å². The minimum Gasteiger partial charge on any atom is -0.342 e. The van der Waals surface area contributed by atoms with Crippen LogP contribution in [0.4, 0.5) is 0 Å². The molecule has 2 aliphatic rings. The van der Waals surface area contributed by atoms with Crippen LogP contribution < -0.4 is 4.87 Å². The van der Waals surface area contributed by atoms with Gasteiger partial charge in [0.05, 0.1) is 0 Å². The van der Waals surface area contributed by atoms with Gasteiger partial charge in [-0.2, -0.15) is 4.98 Å². The fraction of sp³-hybridized carbons (Fsp3) is 0.625. The van der Waals surface area contributed by atoms with E-state index in [0.717, 1.165) is 12.2 Å². The van der Waals surface area contributed by atoms with Crippen LogP contribution in [0.3, 0.4) is 0 Å². The predicted molar refractivity (Wildman–Crippen MR) is 88.0 cm³/mol. The largest absolute Gasteiger partial charge is 0.342 e. The van der Waals surface area contributed by atoms with E-state index in [-0.39, 0.29) is 16.7 Å². The zero-order chi connectivity index (χ0) is 16.7. The predicted octanol–water partition coefficient (Wildman–Crippen LogP) is 1.57. The van der Waals surface area contributed by atoms with Gasteiger partial charge in [-0.1, -0.05) is 16.5 Å². The van der Waals surface area contributed by atoms with Gasteiger partial charge in [-0.15, -0.1) is 0 Å². The van der Waals surface area contributed by atoms with Gasteiger partial charge in [-0.3, -0.25) is 9.59 Å². The van der Waals surface area contributed by atoms with Gasteiger partial charge in [0.15, 0.2) is 5.82 Å². The number of aryl methyl sites for hydroxylation is 2. The van der Waals surface area contributed by atoms with Crippen molar-refractivity contribution in [1.82, 2.24) is 19.6 Å². The van der Waals surface area contributed by atoms with Crippen LogP contribution in [0.2, 0.25) is 0 Å². The summed E-state index contributed by atoms with van der Waals surface area (Å²) >= 11 is 1.20. The van der Waals surface area contributed by atoms with Crippen molar-refractivity contribution < 1.29 is 9.32 Å². The Labute approximate surface area is 143 Å². The molecule has 2 fully saturated rings. The molecule has 128 valence electrons. The van der Waals surface area contributed by atoms with E-state index in [1.165, 1.54) is 24.2 Å². The first-order valence-electron chi connectivity index (χ1n) is 8.35. The Hall–Kier alpha value is -1.96. The first-order valence-corrected chi connectivity index (χ1v) is 9.23. The molecule has 1 amide bonds. The molecule has 4 rings (SSSR count). The molecular weight excluding hydrogens is 328 g/mol. The summed E-state index contributed by atoms with van der Waals surface area (Å²) in [5.41, 5.74) is 0.946. The van der Waals surface area contributed by atoms with Crippen molar-refractivity contribution in [2.24, 2.45) is 5.92 Å². The van der Waals surface area contributed by atoms with Gasteiger partial charge in [0.1, 0.15) is 0 Å². The fourth-order valence-corrected chi connectivity index (χ4v) is 3.91. The summed E-state index contributed by atoms with van der Waals surface area (Å²) in [4.78, 5) is 30.2. The second-order valence-corrected chi connectivity index (χ2v) is 7.55. The van der Waals surface area contributed by atoms with Crippen LogP contribution in [0.1, 0.15) is 42.6 Å². The molecule has 1 saturated carbocycles. The van der Waals surface area contributed by atoms with Crippen LogP contribution in [0.25, 0.3) is 0 Å². The topological polar surface area (TPSA) is 81.2 Å². The van der Waals surface area contributed by atoms with E-state index in [4.69, 9.17) is 4.52 Å². The molecule has 0 radical (unpaired) electrons. The van der Waals surface area contributed by atoms with E-state index in [2.05, 4.69) is 10.1 Å². The van der Waals surface area contributed by atoms with Crippen LogP contribution >= 0.6 is 11.3 Å². The summed E-state index contributed by atoms with van der Waals surface area (Å²) < 4.78 is 7.03. The number of rotatable bonds is 6. The zero-order valence-corrected chi connectivity index (χ0v) is 14.4. The summed E-state index contributed by atoms with van der Waals surface area (Å²) in [6.07, 6.45) is 3.47. The SMILES string of the molecule is Cc1csc(=O)n1CCc1nc(C2CC(=O)N(CC3CC3)C2)no1. The van der Waals surface area contributed by atoms with Gasteiger partial charge in [-0.05, 0) is 25.7 Å². The summed E-state index contributed by atoms with van der Waals surface area (Å²) in [5, 5.41) is 5.90. The minimum atomic E-state index is 0.0272. The molecule has 8 heteroatoms. The molecule has 0 aromatic carbocycles. The first kappa shape index (κ1) is 15.6. The Kier molecular flexibility index (Phi) is 3.99. The van der Waals surface area contributed by atoms with E-state index in [0.29, 0.717) is 43.6 Å². The smallest absolute Gasteiger partial charge is 0.307 e. The molecule has 2 aromatic rings. The van der Waals surface area contributed by atoms with Crippen molar-refractivity contribution >= 4 is 17.2 Å². The van der Waals surface area contributed by atoms with Crippen LogP contribution in [0, 0.1) is 12.8 Å². The normalized spacial score (nSPS) is 21.0. The molecule has 3 heterocycles. The average Bonchev–Trinajstić information content (AvgIpc) is 2.97. The second-order valence-electron chi connectivity index (χ2n) is 6.73. The molecule has 0 spiro atoms. The van der Waals surface area contributed by atoms with Crippen LogP contribution in [0.5, 0.6) is 0 Å². The Morgan fingerprint density at radius 1 is 1.38 bits per heavy atom. The molecule has 1 saturated heterocycles. The number of amides is 1. The van der Waals surface area contributed by atoms with E-state index in [1.54, 1.807) is 4.57 Å². The van der Waals surface area contributed by atoms with Crippen molar-refractivity contribution in [2.45, 2.75) is 45.1 Å². The number of carbonyl (C=O) groups is 1. The second kappa shape index (κ2) is 6.16. The van der Waals surface area contributed by atoms with E-state index < -0.39 is 0 Å².